The first-order chi connectivity index (χ1) is 17.5. The Morgan fingerprint density at radius 1 is 0.972 bits per heavy atom. The zero-order valence-corrected chi connectivity index (χ0v) is 21.2. The third-order valence-corrected chi connectivity index (χ3v) is 6.72. The fraction of sp³-hybridized carbons (Fsp3) is 0.323. The molecule has 0 radical (unpaired) electrons. The van der Waals surface area contributed by atoms with Crippen molar-refractivity contribution < 1.29 is 9.84 Å². The number of nitrogens with zero attached hydrogens (tertiary/aromatic N) is 3. The lowest BCUT2D eigenvalue weighted by Gasteiger charge is -2.25. The highest BCUT2D eigenvalue weighted by Gasteiger charge is 2.28. The summed E-state index contributed by atoms with van der Waals surface area (Å²) in [5, 5.41) is 15.9. The number of aromatic nitrogens is 2. The van der Waals surface area contributed by atoms with Gasteiger partial charge in [-0.3, -0.25) is 4.90 Å². The van der Waals surface area contributed by atoms with Crippen LogP contribution in [0.15, 0.2) is 84.9 Å². The van der Waals surface area contributed by atoms with Crippen LogP contribution in [0.5, 0.6) is 11.6 Å². The number of ether oxygens (including phenoxy) is 1. The SMILES string of the molecule is Cc1cccc(Oc2c(CN(CC3CC3)C[C@H](O)Cc3ccccc3)c(C)nn2-c2ccccc2)c1. The maximum absolute atomic E-state index is 11.0. The van der Waals surface area contributed by atoms with Crippen molar-refractivity contribution in [1.29, 1.82) is 0 Å². The normalized spacial score (nSPS) is 14.2. The molecule has 1 aliphatic rings. The van der Waals surface area contributed by atoms with E-state index >= 15 is 0 Å². The molecule has 1 atom stereocenters. The lowest BCUT2D eigenvalue weighted by atomic mass is 10.1. The van der Waals surface area contributed by atoms with Gasteiger partial charge in [0.15, 0.2) is 0 Å². The zero-order chi connectivity index (χ0) is 24.9. The quantitative estimate of drug-likeness (QED) is 0.281. The first kappa shape index (κ1) is 24.3. The highest BCUT2D eigenvalue weighted by atomic mass is 16.5. The maximum Gasteiger partial charge on any atom is 0.227 e. The van der Waals surface area contributed by atoms with E-state index in [0.29, 0.717) is 25.4 Å². The second-order valence-corrected chi connectivity index (χ2v) is 10.0. The van der Waals surface area contributed by atoms with Gasteiger partial charge in [0.1, 0.15) is 5.75 Å². The Labute approximate surface area is 214 Å². The molecule has 1 N–H and O–H groups in total. The Balaban J connectivity index is 1.43. The monoisotopic (exact) mass is 481 g/mol. The third-order valence-electron chi connectivity index (χ3n) is 6.72. The summed E-state index contributed by atoms with van der Waals surface area (Å²) in [7, 11) is 0. The molecule has 0 unspecified atom stereocenters. The molecular formula is C31H35N3O2. The van der Waals surface area contributed by atoms with Gasteiger partial charge in [0, 0.05) is 19.6 Å². The van der Waals surface area contributed by atoms with Gasteiger partial charge >= 0.3 is 0 Å². The first-order valence-electron chi connectivity index (χ1n) is 12.9. The minimum Gasteiger partial charge on any atom is -0.439 e. The van der Waals surface area contributed by atoms with E-state index in [-0.39, 0.29) is 0 Å². The number of para-hydroxylation sites is 1. The number of aliphatic hydroxyl groups excluding tert-OH is 1. The second-order valence-electron chi connectivity index (χ2n) is 10.0. The van der Waals surface area contributed by atoms with E-state index in [2.05, 4.69) is 30.0 Å². The summed E-state index contributed by atoms with van der Waals surface area (Å²) in [6.45, 7) is 6.39. The Bertz CT molecular complexity index is 1270. The smallest absolute Gasteiger partial charge is 0.227 e. The van der Waals surface area contributed by atoms with Crippen LogP contribution in [0.2, 0.25) is 0 Å². The van der Waals surface area contributed by atoms with E-state index in [0.717, 1.165) is 46.2 Å². The Morgan fingerprint density at radius 2 is 1.69 bits per heavy atom. The summed E-state index contributed by atoms with van der Waals surface area (Å²) in [4.78, 5) is 2.38. The number of rotatable bonds is 11. The number of aliphatic hydroxyl groups is 1. The van der Waals surface area contributed by atoms with Crippen LogP contribution in [0, 0.1) is 19.8 Å². The summed E-state index contributed by atoms with van der Waals surface area (Å²) >= 11 is 0. The Kier molecular flexibility index (Phi) is 7.49. The van der Waals surface area contributed by atoms with Gasteiger partial charge in [-0.15, -0.1) is 0 Å². The number of aryl methyl sites for hydroxylation is 2. The van der Waals surface area contributed by atoms with Crippen LogP contribution < -0.4 is 4.74 Å². The minimum absolute atomic E-state index is 0.434. The van der Waals surface area contributed by atoms with Crippen molar-refractivity contribution in [3.05, 3.63) is 107 Å². The molecule has 1 heterocycles. The molecular weight excluding hydrogens is 446 g/mol. The fourth-order valence-corrected chi connectivity index (χ4v) is 4.70. The lowest BCUT2D eigenvalue weighted by Crippen LogP contribution is -2.35. The standard InChI is InChI=1S/C31H35N3O2/c1-23-10-9-15-29(18-23)36-31-30(24(2)32-34(31)27-13-7-4-8-14-27)22-33(20-26-16-17-26)21-28(35)19-25-11-5-3-6-12-25/h3-15,18,26,28,35H,16-17,19-22H2,1-2H3/t28-/m1/s1. The van der Waals surface area contributed by atoms with Crippen molar-refractivity contribution >= 4 is 0 Å². The van der Waals surface area contributed by atoms with Gasteiger partial charge in [-0.1, -0.05) is 60.7 Å². The van der Waals surface area contributed by atoms with Crippen LogP contribution in [-0.2, 0) is 13.0 Å². The second kappa shape index (κ2) is 11.1. The summed E-state index contributed by atoms with van der Waals surface area (Å²) in [5.41, 5.74) is 5.28. The van der Waals surface area contributed by atoms with E-state index in [4.69, 9.17) is 9.84 Å². The average Bonchev–Trinajstić information content (AvgIpc) is 3.64. The largest absolute Gasteiger partial charge is 0.439 e. The van der Waals surface area contributed by atoms with Crippen LogP contribution in [0.3, 0.4) is 0 Å². The first-order valence-corrected chi connectivity index (χ1v) is 12.9. The molecule has 0 aliphatic heterocycles. The van der Waals surface area contributed by atoms with E-state index < -0.39 is 6.10 Å². The third kappa shape index (κ3) is 6.23. The summed E-state index contributed by atoms with van der Waals surface area (Å²) < 4.78 is 8.44. The van der Waals surface area contributed by atoms with Crippen molar-refractivity contribution in [3.8, 4) is 17.3 Å². The van der Waals surface area contributed by atoms with Crippen molar-refractivity contribution in [1.82, 2.24) is 14.7 Å². The molecule has 0 spiro atoms. The minimum atomic E-state index is -0.434. The Morgan fingerprint density at radius 3 is 2.39 bits per heavy atom. The van der Waals surface area contributed by atoms with Crippen LogP contribution in [0.25, 0.3) is 5.69 Å². The van der Waals surface area contributed by atoms with Gasteiger partial charge in [0.2, 0.25) is 5.88 Å². The van der Waals surface area contributed by atoms with Crippen molar-refractivity contribution in [2.45, 2.75) is 45.8 Å². The molecule has 1 saturated carbocycles. The molecule has 0 saturated heterocycles. The lowest BCUT2D eigenvalue weighted by molar-refractivity contribution is 0.105. The summed E-state index contributed by atoms with van der Waals surface area (Å²) in [5.74, 6) is 2.24. The topological polar surface area (TPSA) is 50.5 Å². The van der Waals surface area contributed by atoms with Gasteiger partial charge < -0.3 is 9.84 Å². The molecule has 0 bridgehead atoms. The number of hydrogen-bond acceptors (Lipinski definition) is 4. The molecule has 36 heavy (non-hydrogen) atoms. The van der Waals surface area contributed by atoms with Crippen LogP contribution >= 0.6 is 0 Å². The average molecular weight is 482 g/mol. The molecule has 5 rings (SSSR count). The predicted octanol–water partition coefficient (Wildman–Crippen LogP) is 6.10. The van der Waals surface area contributed by atoms with E-state index in [1.807, 2.05) is 78.3 Å². The molecule has 4 aromatic rings. The molecule has 3 aromatic carbocycles. The van der Waals surface area contributed by atoms with E-state index in [1.165, 1.54) is 12.8 Å². The number of benzene rings is 3. The van der Waals surface area contributed by atoms with Crippen LogP contribution in [0.1, 0.15) is 35.2 Å². The van der Waals surface area contributed by atoms with Gasteiger partial charge in [-0.25, -0.2) is 4.68 Å². The summed E-state index contributed by atoms with van der Waals surface area (Å²) in [6.07, 6.45) is 2.74. The maximum atomic E-state index is 11.0. The molecule has 1 fully saturated rings. The molecule has 5 heteroatoms. The zero-order valence-electron chi connectivity index (χ0n) is 21.2. The molecule has 1 aromatic heterocycles. The highest BCUT2D eigenvalue weighted by molar-refractivity contribution is 5.43. The van der Waals surface area contributed by atoms with Crippen molar-refractivity contribution in [3.63, 3.8) is 0 Å². The van der Waals surface area contributed by atoms with Gasteiger partial charge in [0.05, 0.1) is 23.0 Å². The van der Waals surface area contributed by atoms with Gasteiger partial charge in [0.25, 0.3) is 0 Å². The van der Waals surface area contributed by atoms with Gasteiger partial charge in [-0.2, -0.15) is 5.10 Å². The molecule has 186 valence electrons. The number of hydrogen-bond donors (Lipinski definition) is 1. The van der Waals surface area contributed by atoms with Crippen molar-refractivity contribution in [2.75, 3.05) is 13.1 Å². The van der Waals surface area contributed by atoms with Gasteiger partial charge in [-0.05, 0) is 74.4 Å². The summed E-state index contributed by atoms with van der Waals surface area (Å²) in [6, 6.07) is 28.5. The van der Waals surface area contributed by atoms with Crippen LogP contribution in [0.4, 0.5) is 0 Å². The Hall–Kier alpha value is -3.41. The molecule has 0 amide bonds. The fourth-order valence-electron chi connectivity index (χ4n) is 4.70. The molecule has 1 aliphatic carbocycles. The predicted molar refractivity (Wildman–Crippen MR) is 144 cm³/mol. The molecule has 5 nitrogen and oxygen atoms in total. The van der Waals surface area contributed by atoms with Crippen molar-refractivity contribution in [2.24, 2.45) is 5.92 Å². The highest BCUT2D eigenvalue weighted by Crippen LogP contribution is 2.34. The van der Waals surface area contributed by atoms with E-state index in [9.17, 15) is 5.11 Å². The van der Waals surface area contributed by atoms with E-state index in [1.54, 1.807) is 0 Å². The van der Waals surface area contributed by atoms with Crippen LogP contribution in [-0.4, -0.2) is 39.0 Å².